The summed E-state index contributed by atoms with van der Waals surface area (Å²) in [6.45, 7) is 3.39. The van der Waals surface area contributed by atoms with Crippen LogP contribution in [0.4, 0.5) is 5.69 Å². The second kappa shape index (κ2) is 18.0. The van der Waals surface area contributed by atoms with Crippen molar-refractivity contribution in [2.45, 2.75) is 32.0 Å². The highest BCUT2D eigenvalue weighted by Gasteiger charge is 2.27. The van der Waals surface area contributed by atoms with E-state index in [0.717, 1.165) is 72.0 Å². The minimum Gasteiger partial charge on any atom is -0.497 e. The summed E-state index contributed by atoms with van der Waals surface area (Å²) in [6.07, 6.45) is 3.83. The van der Waals surface area contributed by atoms with Crippen LogP contribution < -0.4 is 42.8 Å². The Hall–Kier alpha value is -5.81. The Balaban J connectivity index is 1.23. The largest absolute Gasteiger partial charge is 0.497 e. The molecule has 55 heavy (non-hydrogen) atoms. The third-order valence-electron chi connectivity index (χ3n) is 10.1. The van der Waals surface area contributed by atoms with Crippen LogP contribution in [0.3, 0.4) is 0 Å². The maximum atomic E-state index is 5.71. The highest BCUT2D eigenvalue weighted by atomic mass is 16.5. The van der Waals surface area contributed by atoms with Gasteiger partial charge in [-0.2, -0.15) is 0 Å². The Morgan fingerprint density at radius 3 is 1.65 bits per heavy atom. The van der Waals surface area contributed by atoms with E-state index in [1.807, 2.05) is 36.5 Å². The van der Waals surface area contributed by atoms with E-state index >= 15 is 0 Å². The van der Waals surface area contributed by atoms with E-state index in [0.29, 0.717) is 41.0 Å². The second-order valence-electron chi connectivity index (χ2n) is 13.3. The Morgan fingerprint density at radius 1 is 0.564 bits per heavy atom. The van der Waals surface area contributed by atoms with E-state index in [-0.39, 0.29) is 6.04 Å². The average Bonchev–Trinajstić information content (AvgIpc) is 3.24. The Kier molecular flexibility index (Phi) is 12.7. The van der Waals surface area contributed by atoms with Gasteiger partial charge in [0.15, 0.2) is 23.0 Å². The van der Waals surface area contributed by atoms with Crippen LogP contribution in [0.25, 0.3) is 22.4 Å². The molecule has 0 N–H and O–H groups in total. The Bertz CT molecular complexity index is 1990. The molecule has 11 nitrogen and oxygen atoms in total. The first-order chi connectivity index (χ1) is 26.8. The summed E-state index contributed by atoms with van der Waals surface area (Å²) in [6, 6.07) is 27.1. The molecule has 0 saturated carbocycles. The number of benzene rings is 4. The topological polar surface area (TPSA) is 93.2 Å². The highest BCUT2D eigenvalue weighted by Crippen LogP contribution is 2.43. The summed E-state index contributed by atoms with van der Waals surface area (Å²) in [5.41, 5.74) is 7.19. The van der Waals surface area contributed by atoms with Crippen molar-refractivity contribution in [3.63, 3.8) is 0 Å². The zero-order valence-electron chi connectivity index (χ0n) is 33.0. The van der Waals surface area contributed by atoms with Gasteiger partial charge in [-0.15, -0.1) is 0 Å². The lowest BCUT2D eigenvalue weighted by Gasteiger charge is -2.40. The first-order valence-corrected chi connectivity index (χ1v) is 18.2. The van der Waals surface area contributed by atoms with Gasteiger partial charge < -0.3 is 42.8 Å². The number of hydrogen-bond donors (Lipinski definition) is 0. The zero-order chi connectivity index (χ0) is 38.9. The summed E-state index contributed by atoms with van der Waals surface area (Å²) in [4.78, 5) is 9.69. The summed E-state index contributed by atoms with van der Waals surface area (Å²) in [5.74, 6) is 5.05. The molecule has 0 spiro atoms. The predicted molar refractivity (Wildman–Crippen MR) is 215 cm³/mol. The first kappa shape index (κ1) is 38.9. The smallest absolute Gasteiger partial charge is 0.203 e. The van der Waals surface area contributed by atoms with Crippen molar-refractivity contribution in [2.75, 3.05) is 74.9 Å². The van der Waals surface area contributed by atoms with Crippen LogP contribution in [0.2, 0.25) is 0 Å². The van der Waals surface area contributed by atoms with Crippen molar-refractivity contribution in [1.82, 2.24) is 9.88 Å². The number of ether oxygens (including phenoxy) is 8. The van der Waals surface area contributed by atoms with Crippen LogP contribution in [-0.2, 0) is 13.1 Å². The van der Waals surface area contributed by atoms with E-state index in [1.165, 1.54) is 11.1 Å². The Labute approximate surface area is 324 Å². The first-order valence-electron chi connectivity index (χ1n) is 18.2. The van der Waals surface area contributed by atoms with Crippen molar-refractivity contribution < 1.29 is 37.9 Å². The van der Waals surface area contributed by atoms with Crippen molar-refractivity contribution in [1.29, 1.82) is 0 Å². The molecule has 1 aliphatic rings. The van der Waals surface area contributed by atoms with Gasteiger partial charge in [-0.1, -0.05) is 18.2 Å². The van der Waals surface area contributed by atoms with Crippen molar-refractivity contribution in [3.8, 4) is 68.4 Å². The molecule has 6 rings (SSSR count). The van der Waals surface area contributed by atoms with Crippen LogP contribution in [0.5, 0.6) is 46.0 Å². The SMILES string of the molecule is COc1cc(OC)cc(N(Cc2cccc(-c3cc(OC)c(OC)c(OC)c3)c2)C2CCN(Cc3ccnc(-c4cc(OC)c(OC)c(OC)c4)c3)CC2)c1. The van der Waals surface area contributed by atoms with E-state index in [9.17, 15) is 0 Å². The summed E-state index contributed by atoms with van der Waals surface area (Å²) in [5, 5.41) is 0. The van der Waals surface area contributed by atoms with Crippen LogP contribution in [0.1, 0.15) is 24.0 Å². The van der Waals surface area contributed by atoms with Gasteiger partial charge in [-0.05, 0) is 77.6 Å². The molecule has 0 atom stereocenters. The van der Waals surface area contributed by atoms with E-state index in [4.69, 9.17) is 37.9 Å². The number of methoxy groups -OCH3 is 8. The number of nitrogens with zero attached hydrogens (tertiary/aromatic N) is 3. The number of pyridine rings is 1. The monoisotopic (exact) mass is 749 g/mol. The van der Waals surface area contributed by atoms with Gasteiger partial charge in [-0.3, -0.25) is 9.88 Å². The molecule has 0 bridgehead atoms. The van der Waals surface area contributed by atoms with Crippen LogP contribution in [0, 0.1) is 0 Å². The molecule has 0 radical (unpaired) electrons. The third kappa shape index (κ3) is 8.78. The molecular formula is C44H51N3O8. The average molecular weight is 750 g/mol. The lowest BCUT2D eigenvalue weighted by molar-refractivity contribution is 0.201. The molecule has 1 aromatic heterocycles. The molecule has 11 heteroatoms. The molecule has 1 fully saturated rings. The minimum absolute atomic E-state index is 0.283. The fourth-order valence-electron chi connectivity index (χ4n) is 7.29. The van der Waals surface area contributed by atoms with E-state index in [2.05, 4.69) is 63.3 Å². The molecule has 290 valence electrons. The standard InChI is InChI=1S/C44H51N3O8/c1-48-36-24-35(25-37(26-36)49-2)47(28-29-10-9-11-31(18-29)32-20-39(50-3)43(54-7)40(21-32)51-4)34-13-16-46(17-14-34)27-30-12-15-45-38(19-30)33-22-41(52-5)44(55-8)42(23-33)53-6/h9-12,15,18-26,34H,13-14,16-17,27-28H2,1-8H3. The number of anilines is 1. The van der Waals surface area contributed by atoms with Crippen LogP contribution in [-0.4, -0.2) is 85.9 Å². The van der Waals surface area contributed by atoms with Crippen molar-refractivity contribution in [2.24, 2.45) is 0 Å². The maximum Gasteiger partial charge on any atom is 0.203 e. The zero-order valence-corrected chi connectivity index (χ0v) is 33.0. The molecule has 0 unspecified atom stereocenters. The van der Waals surface area contributed by atoms with Gasteiger partial charge in [0.1, 0.15) is 11.5 Å². The van der Waals surface area contributed by atoms with Crippen LogP contribution >= 0.6 is 0 Å². The molecule has 1 aliphatic heterocycles. The summed E-state index contributed by atoms with van der Waals surface area (Å²) < 4.78 is 45.0. The van der Waals surface area contributed by atoms with Crippen molar-refractivity contribution in [3.05, 3.63) is 96.2 Å². The second-order valence-corrected chi connectivity index (χ2v) is 13.3. The Morgan fingerprint density at radius 2 is 1.13 bits per heavy atom. The predicted octanol–water partition coefficient (Wildman–Crippen LogP) is 8.16. The highest BCUT2D eigenvalue weighted by molar-refractivity contribution is 5.72. The van der Waals surface area contributed by atoms with Gasteiger partial charge in [0.05, 0.1) is 62.6 Å². The summed E-state index contributed by atoms with van der Waals surface area (Å²) in [7, 11) is 13.1. The van der Waals surface area contributed by atoms with E-state index in [1.54, 1.807) is 56.9 Å². The molecule has 2 heterocycles. The van der Waals surface area contributed by atoms with Gasteiger partial charge >= 0.3 is 0 Å². The van der Waals surface area contributed by atoms with Gasteiger partial charge in [-0.25, -0.2) is 0 Å². The number of likely N-dealkylation sites (tertiary alicyclic amines) is 1. The van der Waals surface area contributed by atoms with Crippen LogP contribution in [0.15, 0.2) is 85.1 Å². The van der Waals surface area contributed by atoms with Gasteiger partial charge in [0, 0.05) is 67.9 Å². The fraction of sp³-hybridized carbons (Fsp3) is 0.341. The maximum absolute atomic E-state index is 5.71. The number of rotatable bonds is 16. The normalized spacial score (nSPS) is 13.2. The molecule has 5 aromatic rings. The molecule has 1 saturated heterocycles. The fourth-order valence-corrected chi connectivity index (χ4v) is 7.29. The lowest BCUT2D eigenvalue weighted by atomic mass is 9.98. The molecule has 4 aromatic carbocycles. The molecular weight excluding hydrogens is 698 g/mol. The minimum atomic E-state index is 0.283. The third-order valence-corrected chi connectivity index (χ3v) is 10.1. The lowest BCUT2D eigenvalue weighted by Crippen LogP contribution is -2.44. The van der Waals surface area contributed by atoms with Gasteiger partial charge in [0.25, 0.3) is 0 Å². The molecule has 0 aliphatic carbocycles. The summed E-state index contributed by atoms with van der Waals surface area (Å²) >= 11 is 0. The number of hydrogen-bond acceptors (Lipinski definition) is 11. The number of piperidine rings is 1. The van der Waals surface area contributed by atoms with E-state index < -0.39 is 0 Å². The van der Waals surface area contributed by atoms with Gasteiger partial charge in [0.2, 0.25) is 11.5 Å². The number of aromatic nitrogens is 1. The molecule has 0 amide bonds. The quantitative estimate of drug-likeness (QED) is 0.0979. The van der Waals surface area contributed by atoms with Crippen molar-refractivity contribution >= 4 is 5.69 Å².